The SMILES string of the molecule is CC(C)C(NC(=O)[C@@H]1CCCN(S(=O)(=O)Cc2ccc(Cl)cc2Cl)C1)C(C)C. The van der Waals surface area contributed by atoms with E-state index in [-0.39, 0.29) is 30.2 Å². The third-order valence-corrected chi connectivity index (χ3v) is 7.63. The maximum absolute atomic E-state index is 12.9. The molecule has 1 atom stereocenters. The molecule has 0 aromatic heterocycles. The van der Waals surface area contributed by atoms with E-state index in [0.717, 1.165) is 0 Å². The van der Waals surface area contributed by atoms with E-state index in [0.29, 0.717) is 46.8 Å². The predicted octanol–water partition coefficient (Wildman–Crippen LogP) is 4.33. The highest BCUT2D eigenvalue weighted by molar-refractivity contribution is 7.88. The third-order valence-electron chi connectivity index (χ3n) is 5.25. The van der Waals surface area contributed by atoms with Crippen molar-refractivity contribution in [3.8, 4) is 0 Å². The molecular formula is C20H30Cl2N2O3S. The first kappa shape index (κ1) is 23.5. The van der Waals surface area contributed by atoms with Gasteiger partial charge in [0.1, 0.15) is 0 Å². The van der Waals surface area contributed by atoms with E-state index >= 15 is 0 Å². The summed E-state index contributed by atoms with van der Waals surface area (Å²) in [6.45, 7) is 8.96. The van der Waals surface area contributed by atoms with Gasteiger partial charge < -0.3 is 5.32 Å². The first-order valence-electron chi connectivity index (χ1n) is 9.73. The van der Waals surface area contributed by atoms with Gasteiger partial charge in [-0.15, -0.1) is 0 Å². The lowest BCUT2D eigenvalue weighted by Gasteiger charge is -2.33. The number of carbonyl (C=O) groups excluding carboxylic acids is 1. The number of nitrogens with zero attached hydrogens (tertiary/aromatic N) is 1. The van der Waals surface area contributed by atoms with Gasteiger partial charge in [-0.3, -0.25) is 4.79 Å². The standard InChI is InChI=1S/C20H30Cl2N2O3S/c1-13(2)19(14(3)4)23-20(25)15-6-5-9-24(11-15)28(26,27)12-16-7-8-17(21)10-18(16)22/h7-8,10,13-15,19H,5-6,9,11-12H2,1-4H3,(H,23,25)/t15-/m1/s1. The zero-order valence-electron chi connectivity index (χ0n) is 16.9. The van der Waals surface area contributed by atoms with Crippen molar-refractivity contribution in [3.05, 3.63) is 33.8 Å². The zero-order chi connectivity index (χ0) is 21.1. The molecule has 1 fully saturated rings. The molecule has 0 bridgehead atoms. The summed E-state index contributed by atoms with van der Waals surface area (Å²) in [6.07, 6.45) is 1.36. The van der Waals surface area contributed by atoms with Crippen LogP contribution in [0, 0.1) is 17.8 Å². The van der Waals surface area contributed by atoms with Gasteiger partial charge in [0.05, 0.1) is 11.7 Å². The van der Waals surface area contributed by atoms with Crippen LogP contribution in [0.25, 0.3) is 0 Å². The maximum atomic E-state index is 12.9. The molecule has 1 heterocycles. The Bertz CT molecular complexity index is 789. The molecule has 0 unspecified atom stereocenters. The smallest absolute Gasteiger partial charge is 0.224 e. The van der Waals surface area contributed by atoms with Gasteiger partial charge in [0.15, 0.2) is 0 Å². The summed E-state index contributed by atoms with van der Waals surface area (Å²) >= 11 is 12.0. The fourth-order valence-electron chi connectivity index (χ4n) is 3.72. The second-order valence-corrected chi connectivity index (χ2v) is 11.0. The zero-order valence-corrected chi connectivity index (χ0v) is 19.2. The topological polar surface area (TPSA) is 66.5 Å². The van der Waals surface area contributed by atoms with Gasteiger partial charge in [0, 0.05) is 29.2 Å². The van der Waals surface area contributed by atoms with E-state index in [2.05, 4.69) is 33.0 Å². The fourth-order valence-corrected chi connectivity index (χ4v) is 5.92. The quantitative estimate of drug-likeness (QED) is 0.674. The van der Waals surface area contributed by atoms with Gasteiger partial charge in [-0.1, -0.05) is 57.0 Å². The predicted molar refractivity (Wildman–Crippen MR) is 115 cm³/mol. The highest BCUT2D eigenvalue weighted by Gasteiger charge is 2.34. The van der Waals surface area contributed by atoms with Crippen molar-refractivity contribution >= 4 is 39.1 Å². The molecule has 8 heteroatoms. The van der Waals surface area contributed by atoms with Crippen LogP contribution in [-0.4, -0.2) is 37.8 Å². The largest absolute Gasteiger partial charge is 0.353 e. The molecular weight excluding hydrogens is 419 g/mol. The fraction of sp³-hybridized carbons (Fsp3) is 0.650. The molecule has 1 amide bonds. The minimum atomic E-state index is -3.57. The van der Waals surface area contributed by atoms with Gasteiger partial charge in [0.2, 0.25) is 15.9 Å². The van der Waals surface area contributed by atoms with Gasteiger partial charge in [-0.05, 0) is 42.4 Å². The number of hydrogen-bond acceptors (Lipinski definition) is 3. The summed E-state index contributed by atoms with van der Waals surface area (Å²) < 4.78 is 27.2. The monoisotopic (exact) mass is 448 g/mol. The van der Waals surface area contributed by atoms with Crippen molar-refractivity contribution in [2.45, 2.75) is 52.3 Å². The van der Waals surface area contributed by atoms with Crippen LogP contribution in [0.3, 0.4) is 0 Å². The first-order valence-corrected chi connectivity index (χ1v) is 12.1. The second-order valence-electron chi connectivity index (χ2n) is 8.21. The highest BCUT2D eigenvalue weighted by Crippen LogP contribution is 2.26. The molecule has 1 N–H and O–H groups in total. The molecule has 1 aliphatic heterocycles. The van der Waals surface area contributed by atoms with Crippen LogP contribution < -0.4 is 5.32 Å². The van der Waals surface area contributed by atoms with Crippen molar-refractivity contribution in [3.63, 3.8) is 0 Å². The molecule has 2 rings (SSSR count). The molecule has 0 saturated carbocycles. The summed E-state index contributed by atoms with van der Waals surface area (Å²) in [5.41, 5.74) is 0.511. The Hall–Kier alpha value is -0.820. The minimum absolute atomic E-state index is 0.0585. The van der Waals surface area contributed by atoms with Gasteiger partial charge in [0.25, 0.3) is 0 Å². The van der Waals surface area contributed by atoms with E-state index in [1.54, 1.807) is 18.2 Å². The Morgan fingerprint density at radius 2 is 1.86 bits per heavy atom. The van der Waals surface area contributed by atoms with Crippen molar-refractivity contribution in [1.29, 1.82) is 0 Å². The summed E-state index contributed by atoms with van der Waals surface area (Å²) in [5.74, 6) is 0.0534. The van der Waals surface area contributed by atoms with E-state index in [4.69, 9.17) is 23.2 Å². The molecule has 1 saturated heterocycles. The summed E-state index contributed by atoms with van der Waals surface area (Å²) in [6, 6.07) is 4.88. The number of rotatable bonds is 7. The number of amides is 1. The van der Waals surface area contributed by atoms with E-state index < -0.39 is 10.0 Å². The van der Waals surface area contributed by atoms with Crippen LogP contribution in [0.5, 0.6) is 0 Å². The molecule has 0 aliphatic carbocycles. The molecule has 158 valence electrons. The number of halogens is 2. The van der Waals surface area contributed by atoms with Crippen molar-refractivity contribution in [2.24, 2.45) is 17.8 Å². The average molecular weight is 449 g/mol. The normalized spacial score (nSPS) is 18.8. The Labute approximate surface area is 178 Å². The van der Waals surface area contributed by atoms with Crippen molar-refractivity contribution in [1.82, 2.24) is 9.62 Å². The molecule has 1 aliphatic rings. The van der Waals surface area contributed by atoms with Crippen LogP contribution in [0.15, 0.2) is 18.2 Å². The van der Waals surface area contributed by atoms with Crippen molar-refractivity contribution in [2.75, 3.05) is 13.1 Å². The Kier molecular flexibility index (Phi) is 8.20. The highest BCUT2D eigenvalue weighted by atomic mass is 35.5. The van der Waals surface area contributed by atoms with Crippen LogP contribution in [-0.2, 0) is 20.6 Å². The van der Waals surface area contributed by atoms with Crippen LogP contribution in [0.2, 0.25) is 10.0 Å². The van der Waals surface area contributed by atoms with Crippen molar-refractivity contribution < 1.29 is 13.2 Å². The Morgan fingerprint density at radius 3 is 2.43 bits per heavy atom. The second kappa shape index (κ2) is 9.79. The van der Waals surface area contributed by atoms with Crippen LogP contribution in [0.4, 0.5) is 0 Å². The van der Waals surface area contributed by atoms with E-state index in [9.17, 15) is 13.2 Å². The number of carbonyl (C=O) groups is 1. The Balaban J connectivity index is 2.07. The third kappa shape index (κ3) is 6.09. The van der Waals surface area contributed by atoms with Gasteiger partial charge in [-0.25, -0.2) is 12.7 Å². The number of piperidine rings is 1. The maximum Gasteiger partial charge on any atom is 0.224 e. The average Bonchev–Trinajstić information content (AvgIpc) is 2.61. The number of sulfonamides is 1. The summed E-state index contributed by atoms with van der Waals surface area (Å²) in [4.78, 5) is 12.8. The Morgan fingerprint density at radius 1 is 1.21 bits per heavy atom. The number of benzene rings is 1. The summed E-state index contributed by atoms with van der Waals surface area (Å²) in [5, 5.41) is 3.92. The lowest BCUT2D eigenvalue weighted by atomic mass is 9.91. The van der Waals surface area contributed by atoms with Gasteiger partial charge in [-0.2, -0.15) is 0 Å². The lowest BCUT2D eigenvalue weighted by molar-refractivity contribution is -0.127. The molecule has 1 aromatic rings. The summed E-state index contributed by atoms with van der Waals surface area (Å²) in [7, 11) is -3.57. The van der Waals surface area contributed by atoms with Gasteiger partial charge >= 0.3 is 0 Å². The van der Waals surface area contributed by atoms with E-state index in [1.165, 1.54) is 4.31 Å². The minimum Gasteiger partial charge on any atom is -0.353 e. The first-order chi connectivity index (χ1) is 13.0. The molecule has 1 aromatic carbocycles. The number of hydrogen-bond donors (Lipinski definition) is 1. The molecule has 28 heavy (non-hydrogen) atoms. The lowest BCUT2D eigenvalue weighted by Crippen LogP contribution is -2.50. The molecule has 0 spiro atoms. The number of nitrogens with one attached hydrogen (secondary N) is 1. The molecule has 5 nitrogen and oxygen atoms in total. The van der Waals surface area contributed by atoms with Crippen LogP contribution >= 0.6 is 23.2 Å². The van der Waals surface area contributed by atoms with Crippen LogP contribution in [0.1, 0.15) is 46.1 Å². The molecule has 0 radical (unpaired) electrons. The van der Waals surface area contributed by atoms with E-state index in [1.807, 2.05) is 0 Å².